The van der Waals surface area contributed by atoms with Crippen molar-refractivity contribution in [2.24, 2.45) is 0 Å². The third-order valence-corrected chi connectivity index (χ3v) is 6.70. The van der Waals surface area contributed by atoms with Crippen LogP contribution >= 0.6 is 23.5 Å². The summed E-state index contributed by atoms with van der Waals surface area (Å²) < 4.78 is 56.1. The normalized spacial score (nSPS) is 17.9. The van der Waals surface area contributed by atoms with E-state index in [9.17, 15) is 13.2 Å². The molecule has 0 unspecified atom stereocenters. The van der Waals surface area contributed by atoms with Gasteiger partial charge in [0.1, 0.15) is 18.0 Å². The van der Waals surface area contributed by atoms with Crippen molar-refractivity contribution in [2.45, 2.75) is 42.6 Å². The Kier molecular flexibility index (Phi) is 9.19. The van der Waals surface area contributed by atoms with E-state index in [1.54, 1.807) is 19.2 Å². The fraction of sp³-hybridized carbons (Fsp3) is 0.364. The van der Waals surface area contributed by atoms with Crippen LogP contribution in [0.5, 0.6) is 5.75 Å². The zero-order valence-electron chi connectivity index (χ0n) is 17.7. The number of anilines is 1. The van der Waals surface area contributed by atoms with Crippen LogP contribution in [0, 0.1) is 17.5 Å². The fourth-order valence-electron chi connectivity index (χ4n) is 3.43. The van der Waals surface area contributed by atoms with Crippen LogP contribution in [0.3, 0.4) is 0 Å². The lowest BCUT2D eigenvalue weighted by Gasteiger charge is -2.27. The molecule has 3 aromatic rings. The van der Waals surface area contributed by atoms with Crippen molar-refractivity contribution in [3.05, 3.63) is 65.7 Å². The molecule has 5 nitrogen and oxygen atoms in total. The molecule has 1 aromatic heterocycles. The second-order valence-electron chi connectivity index (χ2n) is 7.13. The molecular formula is C22H24F3N3O2S2. The number of aromatic nitrogens is 2. The minimum absolute atomic E-state index is 0.122. The van der Waals surface area contributed by atoms with Crippen LogP contribution < -0.4 is 9.46 Å². The van der Waals surface area contributed by atoms with Gasteiger partial charge in [0.25, 0.3) is 0 Å². The van der Waals surface area contributed by atoms with Gasteiger partial charge in [0.15, 0.2) is 11.6 Å². The molecule has 1 N–H and O–H groups in total. The van der Waals surface area contributed by atoms with Gasteiger partial charge in [0.2, 0.25) is 5.13 Å². The van der Waals surface area contributed by atoms with Gasteiger partial charge in [-0.1, -0.05) is 12.1 Å². The molecule has 0 spiro atoms. The highest BCUT2D eigenvalue weighted by Gasteiger charge is 2.21. The SMILES string of the molecule is COC1CCC(c2ccc(F)cc2)CC1.COc1cc(F)c(SNc2ncns2)cc1F. The molecule has 0 bridgehead atoms. The van der Waals surface area contributed by atoms with E-state index < -0.39 is 11.6 Å². The van der Waals surface area contributed by atoms with E-state index >= 15 is 0 Å². The van der Waals surface area contributed by atoms with E-state index in [1.165, 1.54) is 19.0 Å². The molecule has 0 amide bonds. The number of hydrogen-bond acceptors (Lipinski definition) is 7. The summed E-state index contributed by atoms with van der Waals surface area (Å²) in [6, 6.07) is 8.99. The predicted octanol–water partition coefficient (Wildman–Crippen LogP) is 6.44. The van der Waals surface area contributed by atoms with E-state index in [0.29, 0.717) is 17.2 Å². The predicted molar refractivity (Wildman–Crippen MR) is 121 cm³/mol. The highest BCUT2D eigenvalue weighted by molar-refractivity contribution is 8.00. The number of methoxy groups -OCH3 is 2. The van der Waals surface area contributed by atoms with Crippen molar-refractivity contribution in [3.8, 4) is 5.75 Å². The smallest absolute Gasteiger partial charge is 0.212 e. The van der Waals surface area contributed by atoms with Crippen molar-refractivity contribution in [1.29, 1.82) is 0 Å². The van der Waals surface area contributed by atoms with Crippen LogP contribution in [0.15, 0.2) is 47.6 Å². The van der Waals surface area contributed by atoms with Gasteiger partial charge in [0, 0.05) is 24.7 Å². The van der Waals surface area contributed by atoms with E-state index in [0.717, 1.165) is 61.3 Å². The Labute approximate surface area is 193 Å². The van der Waals surface area contributed by atoms with E-state index in [-0.39, 0.29) is 16.5 Å². The first-order valence-electron chi connectivity index (χ1n) is 10.0. The quantitative estimate of drug-likeness (QED) is 0.407. The molecule has 0 atom stereocenters. The molecule has 1 aliphatic rings. The first-order chi connectivity index (χ1) is 15.5. The largest absolute Gasteiger partial charge is 0.494 e. The minimum Gasteiger partial charge on any atom is -0.494 e. The summed E-state index contributed by atoms with van der Waals surface area (Å²) in [6.07, 6.45) is 6.37. The molecule has 1 fully saturated rings. The zero-order valence-corrected chi connectivity index (χ0v) is 19.3. The fourth-order valence-corrected chi connectivity index (χ4v) is 4.56. The third kappa shape index (κ3) is 6.85. The highest BCUT2D eigenvalue weighted by Crippen LogP contribution is 2.33. The second kappa shape index (κ2) is 12.1. The van der Waals surface area contributed by atoms with Gasteiger partial charge in [-0.15, -0.1) is 0 Å². The van der Waals surface area contributed by atoms with E-state index in [2.05, 4.69) is 18.8 Å². The average Bonchev–Trinajstić information content (AvgIpc) is 3.34. The molecule has 0 saturated heterocycles. The van der Waals surface area contributed by atoms with Crippen LogP contribution in [0.1, 0.15) is 37.2 Å². The number of nitrogens with one attached hydrogen (secondary N) is 1. The molecule has 172 valence electrons. The summed E-state index contributed by atoms with van der Waals surface area (Å²) in [5.41, 5.74) is 1.27. The maximum atomic E-state index is 13.5. The Morgan fingerprint density at radius 2 is 1.72 bits per heavy atom. The van der Waals surface area contributed by atoms with Crippen molar-refractivity contribution >= 4 is 28.6 Å². The van der Waals surface area contributed by atoms with E-state index in [4.69, 9.17) is 4.74 Å². The van der Waals surface area contributed by atoms with Gasteiger partial charge in [0.05, 0.1) is 18.1 Å². The Hall–Kier alpha value is -2.30. The van der Waals surface area contributed by atoms with Crippen molar-refractivity contribution in [2.75, 3.05) is 18.9 Å². The van der Waals surface area contributed by atoms with Crippen molar-refractivity contribution in [1.82, 2.24) is 9.36 Å². The summed E-state index contributed by atoms with van der Waals surface area (Å²) in [5, 5.41) is 0.519. The molecule has 10 heteroatoms. The van der Waals surface area contributed by atoms with Crippen LogP contribution in [-0.2, 0) is 4.74 Å². The molecule has 1 aliphatic carbocycles. The lowest BCUT2D eigenvalue weighted by molar-refractivity contribution is 0.0658. The summed E-state index contributed by atoms with van der Waals surface area (Å²) in [6.45, 7) is 0. The average molecular weight is 484 g/mol. The standard InChI is InChI=1S/C13H17FO.C9H7F2N3OS2/c1-15-13-8-4-11(5-9-13)10-2-6-12(14)7-3-10;1-15-7-2-6(11)8(3-5(7)10)16-14-9-12-4-13-17-9/h2-3,6-7,11,13H,4-5,8-9H2,1H3;2-4H,1H3,(H,12,13,14). The van der Waals surface area contributed by atoms with Crippen molar-refractivity contribution in [3.63, 3.8) is 0 Å². The van der Waals surface area contributed by atoms with Crippen LogP contribution in [0.4, 0.5) is 18.3 Å². The number of rotatable bonds is 6. The van der Waals surface area contributed by atoms with E-state index in [1.807, 2.05) is 12.1 Å². The lowest BCUT2D eigenvalue weighted by Crippen LogP contribution is -2.19. The molecule has 1 heterocycles. The molecule has 1 saturated carbocycles. The Morgan fingerprint density at radius 3 is 2.31 bits per heavy atom. The van der Waals surface area contributed by atoms with Crippen LogP contribution in [-0.4, -0.2) is 29.7 Å². The minimum atomic E-state index is -0.615. The molecule has 4 rings (SSSR count). The summed E-state index contributed by atoms with van der Waals surface area (Å²) >= 11 is 2.05. The van der Waals surface area contributed by atoms with Crippen LogP contribution in [0.2, 0.25) is 0 Å². The molecule has 0 aliphatic heterocycles. The highest BCUT2D eigenvalue weighted by atomic mass is 32.2. The number of hydrogen-bond donors (Lipinski definition) is 1. The summed E-state index contributed by atoms with van der Waals surface area (Å²) in [7, 11) is 3.06. The first-order valence-corrected chi connectivity index (χ1v) is 11.6. The Morgan fingerprint density at radius 1 is 1.00 bits per heavy atom. The van der Waals surface area contributed by atoms with Crippen LogP contribution in [0.25, 0.3) is 0 Å². The topological polar surface area (TPSA) is 56.3 Å². The van der Waals surface area contributed by atoms with Gasteiger partial charge >= 0.3 is 0 Å². The van der Waals surface area contributed by atoms with Gasteiger partial charge < -0.3 is 14.2 Å². The maximum absolute atomic E-state index is 13.5. The molecule has 32 heavy (non-hydrogen) atoms. The summed E-state index contributed by atoms with van der Waals surface area (Å²) in [5.74, 6) is -0.857. The van der Waals surface area contributed by atoms with Crippen molar-refractivity contribution < 1.29 is 22.6 Å². The third-order valence-electron chi connectivity index (χ3n) is 5.16. The van der Waals surface area contributed by atoms with Gasteiger partial charge in [-0.05, 0) is 67.3 Å². The molecule has 2 aromatic carbocycles. The van der Waals surface area contributed by atoms with Gasteiger partial charge in [-0.25, -0.2) is 18.2 Å². The number of halogens is 3. The molecular weight excluding hydrogens is 459 g/mol. The molecule has 0 radical (unpaired) electrons. The second-order valence-corrected chi connectivity index (χ2v) is 8.76. The Balaban J connectivity index is 0.000000182. The monoisotopic (exact) mass is 483 g/mol. The number of ether oxygens (including phenoxy) is 2. The number of benzene rings is 2. The number of nitrogens with zero attached hydrogens (tertiary/aromatic N) is 2. The first kappa shape index (κ1) is 24.3. The maximum Gasteiger partial charge on any atom is 0.212 e. The van der Waals surface area contributed by atoms with Gasteiger partial charge in [-0.3, -0.25) is 0 Å². The lowest BCUT2D eigenvalue weighted by atomic mass is 9.83. The Bertz CT molecular complexity index is 967. The van der Waals surface area contributed by atoms with Gasteiger partial charge in [-0.2, -0.15) is 4.37 Å². The summed E-state index contributed by atoms with van der Waals surface area (Å²) in [4.78, 5) is 3.98. The zero-order chi connectivity index (χ0) is 22.9.